The Morgan fingerprint density at radius 1 is 1.47 bits per heavy atom. The van der Waals surface area contributed by atoms with Crippen LogP contribution in [-0.4, -0.2) is 43.1 Å². The van der Waals surface area contributed by atoms with Crippen LogP contribution in [0.5, 0.6) is 0 Å². The molecule has 2 rings (SSSR count). The molecule has 2 atom stereocenters. The van der Waals surface area contributed by atoms with Crippen molar-refractivity contribution in [2.75, 3.05) is 32.1 Å². The fourth-order valence-electron chi connectivity index (χ4n) is 2.50. The quantitative estimate of drug-likeness (QED) is 0.886. The van der Waals surface area contributed by atoms with Gasteiger partial charge in [-0.2, -0.15) is 11.8 Å². The summed E-state index contributed by atoms with van der Waals surface area (Å²) in [5.41, 5.74) is 2.75. The highest BCUT2D eigenvalue weighted by atomic mass is 32.2. The number of nitrogens with zero attached hydrogens (tertiary/aromatic N) is 1. The first kappa shape index (κ1) is 12.9. The number of likely N-dealkylation sites (N-methyl/N-ethyl adjacent to an activating group) is 2. The number of hydrogen-bond donors (Lipinski definition) is 1. The van der Waals surface area contributed by atoms with Crippen LogP contribution in [0.2, 0.25) is 0 Å². The van der Waals surface area contributed by atoms with Gasteiger partial charge in [0.2, 0.25) is 0 Å². The number of benzene rings is 1. The van der Waals surface area contributed by atoms with E-state index >= 15 is 0 Å². The van der Waals surface area contributed by atoms with Crippen molar-refractivity contribution in [1.29, 1.82) is 0 Å². The molecular formula is C14H22N2S. The Morgan fingerprint density at radius 2 is 2.29 bits per heavy atom. The average molecular weight is 250 g/mol. The van der Waals surface area contributed by atoms with E-state index in [4.69, 9.17) is 0 Å². The van der Waals surface area contributed by atoms with E-state index in [-0.39, 0.29) is 0 Å². The molecule has 1 fully saturated rings. The van der Waals surface area contributed by atoms with Crippen LogP contribution in [0, 0.1) is 6.92 Å². The van der Waals surface area contributed by atoms with Gasteiger partial charge in [-0.3, -0.25) is 4.90 Å². The van der Waals surface area contributed by atoms with Crippen LogP contribution < -0.4 is 5.32 Å². The standard InChI is InChI=1S/C14H22N2S/c1-11-5-4-6-12(9-11)14(15-2)13-10-17-8-7-16(13)3/h4-6,9,13-15H,7-8,10H2,1-3H3. The molecule has 1 aromatic rings. The van der Waals surface area contributed by atoms with E-state index in [2.05, 4.69) is 67.3 Å². The van der Waals surface area contributed by atoms with Gasteiger partial charge in [-0.1, -0.05) is 29.8 Å². The third-order valence-electron chi connectivity index (χ3n) is 3.54. The van der Waals surface area contributed by atoms with Crippen molar-refractivity contribution in [2.45, 2.75) is 19.0 Å². The van der Waals surface area contributed by atoms with Crippen molar-refractivity contribution in [1.82, 2.24) is 10.2 Å². The van der Waals surface area contributed by atoms with E-state index in [0.29, 0.717) is 12.1 Å². The maximum atomic E-state index is 3.49. The molecule has 0 radical (unpaired) electrons. The molecule has 1 heterocycles. The third kappa shape index (κ3) is 3.03. The monoisotopic (exact) mass is 250 g/mol. The highest BCUT2D eigenvalue weighted by Gasteiger charge is 2.27. The second kappa shape index (κ2) is 5.89. The molecule has 2 unspecified atom stereocenters. The van der Waals surface area contributed by atoms with Crippen molar-refractivity contribution in [3.8, 4) is 0 Å². The fourth-order valence-corrected chi connectivity index (χ4v) is 3.77. The molecule has 2 nitrogen and oxygen atoms in total. The Kier molecular flexibility index (Phi) is 4.48. The molecule has 1 N–H and O–H groups in total. The molecule has 0 amide bonds. The SMILES string of the molecule is CNC(c1cccc(C)c1)C1CSCCN1C. The van der Waals surface area contributed by atoms with Gasteiger partial charge in [0.05, 0.1) is 0 Å². The molecule has 0 spiro atoms. The van der Waals surface area contributed by atoms with Crippen LogP contribution >= 0.6 is 11.8 Å². The second-order valence-corrected chi connectivity index (χ2v) is 5.95. The largest absolute Gasteiger partial charge is 0.312 e. The zero-order valence-electron chi connectivity index (χ0n) is 10.9. The van der Waals surface area contributed by atoms with E-state index in [1.54, 1.807) is 0 Å². The van der Waals surface area contributed by atoms with Crippen molar-refractivity contribution in [3.05, 3.63) is 35.4 Å². The number of thioether (sulfide) groups is 1. The lowest BCUT2D eigenvalue weighted by Crippen LogP contribution is -2.47. The Bertz CT molecular complexity index is 367. The topological polar surface area (TPSA) is 15.3 Å². The molecule has 1 aliphatic heterocycles. The molecule has 0 saturated carbocycles. The van der Waals surface area contributed by atoms with Gasteiger partial charge in [0.1, 0.15) is 0 Å². The van der Waals surface area contributed by atoms with Gasteiger partial charge in [0, 0.05) is 30.1 Å². The fraction of sp³-hybridized carbons (Fsp3) is 0.571. The van der Waals surface area contributed by atoms with Crippen LogP contribution in [-0.2, 0) is 0 Å². The zero-order chi connectivity index (χ0) is 12.3. The van der Waals surface area contributed by atoms with Crippen molar-refractivity contribution in [3.63, 3.8) is 0 Å². The summed E-state index contributed by atoms with van der Waals surface area (Å²) in [6.07, 6.45) is 0. The number of rotatable bonds is 3. The molecule has 1 saturated heterocycles. The van der Waals surface area contributed by atoms with E-state index in [1.165, 1.54) is 29.2 Å². The smallest absolute Gasteiger partial charge is 0.0483 e. The van der Waals surface area contributed by atoms with E-state index in [1.807, 2.05) is 0 Å². The minimum absolute atomic E-state index is 0.438. The molecule has 3 heteroatoms. The number of hydrogen-bond acceptors (Lipinski definition) is 3. The van der Waals surface area contributed by atoms with Gasteiger partial charge in [0.15, 0.2) is 0 Å². The molecule has 17 heavy (non-hydrogen) atoms. The van der Waals surface area contributed by atoms with Gasteiger partial charge >= 0.3 is 0 Å². The lowest BCUT2D eigenvalue weighted by atomic mass is 9.98. The molecule has 1 aromatic carbocycles. The molecule has 0 bridgehead atoms. The van der Waals surface area contributed by atoms with Crippen LogP contribution in [0.1, 0.15) is 17.2 Å². The van der Waals surface area contributed by atoms with E-state index in [9.17, 15) is 0 Å². The molecular weight excluding hydrogens is 228 g/mol. The Balaban J connectivity index is 2.20. The van der Waals surface area contributed by atoms with E-state index < -0.39 is 0 Å². The minimum Gasteiger partial charge on any atom is -0.312 e. The lowest BCUT2D eigenvalue weighted by Gasteiger charge is -2.38. The first-order valence-electron chi connectivity index (χ1n) is 6.24. The lowest BCUT2D eigenvalue weighted by molar-refractivity contribution is 0.221. The summed E-state index contributed by atoms with van der Waals surface area (Å²) < 4.78 is 0. The molecule has 94 valence electrons. The molecule has 0 aliphatic carbocycles. The van der Waals surface area contributed by atoms with Crippen molar-refractivity contribution < 1.29 is 0 Å². The summed E-state index contributed by atoms with van der Waals surface area (Å²) in [5, 5.41) is 3.49. The molecule has 0 aromatic heterocycles. The van der Waals surface area contributed by atoms with Gasteiger partial charge < -0.3 is 5.32 Å². The maximum Gasteiger partial charge on any atom is 0.0483 e. The summed E-state index contributed by atoms with van der Waals surface area (Å²) in [6.45, 7) is 3.36. The zero-order valence-corrected chi connectivity index (χ0v) is 11.8. The summed E-state index contributed by atoms with van der Waals surface area (Å²) in [6, 6.07) is 9.89. The average Bonchev–Trinajstić information content (AvgIpc) is 2.33. The van der Waals surface area contributed by atoms with Crippen molar-refractivity contribution >= 4 is 11.8 Å². The van der Waals surface area contributed by atoms with E-state index in [0.717, 1.165) is 0 Å². The van der Waals surface area contributed by atoms with Crippen LogP contribution in [0.15, 0.2) is 24.3 Å². The summed E-state index contributed by atoms with van der Waals surface area (Å²) in [7, 11) is 4.31. The maximum absolute atomic E-state index is 3.49. The molecule has 1 aliphatic rings. The predicted molar refractivity (Wildman–Crippen MR) is 76.7 cm³/mol. The first-order valence-corrected chi connectivity index (χ1v) is 7.39. The van der Waals surface area contributed by atoms with Crippen LogP contribution in [0.25, 0.3) is 0 Å². The summed E-state index contributed by atoms with van der Waals surface area (Å²) in [4.78, 5) is 2.49. The Morgan fingerprint density at radius 3 is 2.94 bits per heavy atom. The third-order valence-corrected chi connectivity index (χ3v) is 4.59. The number of nitrogens with one attached hydrogen (secondary N) is 1. The highest BCUT2D eigenvalue weighted by molar-refractivity contribution is 7.99. The van der Waals surface area contributed by atoms with Crippen LogP contribution in [0.3, 0.4) is 0 Å². The van der Waals surface area contributed by atoms with Gasteiger partial charge in [-0.25, -0.2) is 0 Å². The predicted octanol–water partition coefficient (Wildman–Crippen LogP) is 2.30. The summed E-state index contributed by atoms with van der Waals surface area (Å²) >= 11 is 2.07. The highest BCUT2D eigenvalue weighted by Crippen LogP contribution is 2.26. The minimum atomic E-state index is 0.438. The normalized spacial score (nSPS) is 23.6. The van der Waals surface area contributed by atoms with Crippen molar-refractivity contribution in [2.24, 2.45) is 0 Å². The van der Waals surface area contributed by atoms with Gasteiger partial charge in [-0.15, -0.1) is 0 Å². The van der Waals surface area contributed by atoms with Gasteiger partial charge in [-0.05, 0) is 26.6 Å². The van der Waals surface area contributed by atoms with Crippen LogP contribution in [0.4, 0.5) is 0 Å². The number of aryl methyl sites for hydroxylation is 1. The first-order chi connectivity index (χ1) is 8.22. The summed E-state index contributed by atoms with van der Waals surface area (Å²) in [5.74, 6) is 2.48. The van der Waals surface area contributed by atoms with Gasteiger partial charge in [0.25, 0.3) is 0 Å². The Labute approximate surface area is 109 Å². The Hall–Kier alpha value is -0.510. The second-order valence-electron chi connectivity index (χ2n) is 4.80.